The van der Waals surface area contributed by atoms with Crippen LogP contribution in [0.15, 0.2) is 69.7 Å². The van der Waals surface area contributed by atoms with Gasteiger partial charge in [0.2, 0.25) is 0 Å². The molecule has 0 aromatic carbocycles. The molecule has 0 aliphatic carbocycles. The van der Waals surface area contributed by atoms with E-state index >= 15 is 0 Å². The highest BCUT2D eigenvalue weighted by Gasteiger charge is 2.34. The topological polar surface area (TPSA) is 62.9 Å². The number of carbonyl (C=O) groups excluding carboxylic acids is 1. The van der Waals surface area contributed by atoms with Gasteiger partial charge in [0.25, 0.3) is 5.91 Å². The summed E-state index contributed by atoms with van der Waals surface area (Å²) in [7, 11) is 0. The zero-order valence-electron chi connectivity index (χ0n) is 14.6. The molecule has 9 heteroatoms. The van der Waals surface area contributed by atoms with Crippen molar-refractivity contribution < 1.29 is 4.79 Å². The van der Waals surface area contributed by atoms with Crippen molar-refractivity contribution in [1.29, 1.82) is 0 Å². The van der Waals surface area contributed by atoms with Gasteiger partial charge in [0, 0.05) is 17.5 Å². The lowest BCUT2D eigenvalue weighted by Gasteiger charge is -2.20. The van der Waals surface area contributed by atoms with Crippen LogP contribution in [0.3, 0.4) is 0 Å². The van der Waals surface area contributed by atoms with E-state index in [1.165, 1.54) is 11.8 Å². The second-order valence-corrected chi connectivity index (χ2v) is 9.07. The first-order valence-corrected chi connectivity index (χ1v) is 11.4. The minimum Gasteiger partial charge on any atom is -0.277 e. The van der Waals surface area contributed by atoms with E-state index in [1.54, 1.807) is 27.7 Å². The number of hydrogen-bond acceptors (Lipinski definition) is 7. The number of pyridine rings is 1. The molecular weight excluding hydrogens is 410 g/mol. The maximum atomic E-state index is 13.0. The van der Waals surface area contributed by atoms with Crippen LogP contribution in [-0.2, 0) is 4.79 Å². The summed E-state index contributed by atoms with van der Waals surface area (Å²) in [5.41, 5.74) is 1.74. The van der Waals surface area contributed by atoms with Gasteiger partial charge in [-0.1, -0.05) is 30.0 Å². The number of aromatic nitrogens is 3. The van der Waals surface area contributed by atoms with Crippen LogP contribution in [0.25, 0.3) is 5.65 Å². The molecule has 1 atom stereocenters. The molecule has 0 N–H and O–H groups in total. The maximum absolute atomic E-state index is 13.0. The number of fused-ring (bicyclic) bond motifs is 1. The van der Waals surface area contributed by atoms with Gasteiger partial charge in [-0.05, 0) is 35.0 Å². The fourth-order valence-electron chi connectivity index (χ4n) is 3.14. The van der Waals surface area contributed by atoms with Gasteiger partial charge in [0.15, 0.2) is 10.8 Å². The van der Waals surface area contributed by atoms with Crippen LogP contribution in [0.5, 0.6) is 0 Å². The zero-order chi connectivity index (χ0) is 18.9. The van der Waals surface area contributed by atoms with Crippen molar-refractivity contribution in [2.75, 3.05) is 5.75 Å². The molecule has 1 aliphatic heterocycles. The Morgan fingerprint density at radius 3 is 2.82 bits per heavy atom. The third-order valence-electron chi connectivity index (χ3n) is 4.45. The number of hydrogen-bond donors (Lipinski definition) is 0. The second-order valence-electron chi connectivity index (χ2n) is 6.20. The molecule has 0 saturated carbocycles. The molecular formula is C19H15N5OS3. The third-order valence-corrected chi connectivity index (χ3v) is 7.27. The van der Waals surface area contributed by atoms with E-state index in [0.717, 1.165) is 27.5 Å². The molecule has 0 saturated heterocycles. The molecule has 0 bridgehead atoms. The lowest BCUT2D eigenvalue weighted by molar-refractivity contribution is -0.130. The number of thioether (sulfide) groups is 1. The minimum absolute atomic E-state index is 0.0253. The first kappa shape index (κ1) is 17.6. The first-order valence-electron chi connectivity index (χ1n) is 8.69. The fourth-order valence-corrected chi connectivity index (χ4v) is 5.45. The SMILES string of the molecule is O=C(CSc1nnc2ccccn12)N1N=C(c2cccs2)C[C@H]1c1cccs1. The van der Waals surface area contributed by atoms with Gasteiger partial charge in [-0.15, -0.1) is 32.9 Å². The lowest BCUT2D eigenvalue weighted by Crippen LogP contribution is -2.28. The monoisotopic (exact) mass is 425 g/mol. The number of amides is 1. The number of carbonyl (C=O) groups is 1. The number of nitrogens with zero attached hydrogens (tertiary/aromatic N) is 5. The summed E-state index contributed by atoms with van der Waals surface area (Å²) in [6.45, 7) is 0. The largest absolute Gasteiger partial charge is 0.277 e. The van der Waals surface area contributed by atoms with Crippen LogP contribution in [0.4, 0.5) is 0 Å². The van der Waals surface area contributed by atoms with E-state index in [-0.39, 0.29) is 17.7 Å². The van der Waals surface area contributed by atoms with Gasteiger partial charge >= 0.3 is 0 Å². The average molecular weight is 426 g/mol. The van der Waals surface area contributed by atoms with E-state index < -0.39 is 0 Å². The predicted molar refractivity (Wildman–Crippen MR) is 113 cm³/mol. The van der Waals surface area contributed by atoms with Crippen molar-refractivity contribution in [3.8, 4) is 0 Å². The molecule has 1 amide bonds. The van der Waals surface area contributed by atoms with E-state index in [4.69, 9.17) is 5.10 Å². The van der Waals surface area contributed by atoms with Gasteiger partial charge in [0.1, 0.15) is 0 Å². The van der Waals surface area contributed by atoms with Crippen molar-refractivity contribution in [2.24, 2.45) is 5.10 Å². The van der Waals surface area contributed by atoms with Crippen molar-refractivity contribution in [2.45, 2.75) is 17.6 Å². The molecule has 28 heavy (non-hydrogen) atoms. The Balaban J connectivity index is 1.38. The van der Waals surface area contributed by atoms with E-state index in [1.807, 2.05) is 51.7 Å². The van der Waals surface area contributed by atoms with Gasteiger partial charge in [-0.25, -0.2) is 5.01 Å². The highest BCUT2D eigenvalue weighted by atomic mass is 32.2. The molecule has 140 valence electrons. The van der Waals surface area contributed by atoms with Crippen LogP contribution in [0.2, 0.25) is 0 Å². The molecule has 0 unspecified atom stereocenters. The Labute approximate surface area is 173 Å². The second kappa shape index (κ2) is 7.50. The molecule has 4 aromatic rings. The number of hydrazone groups is 1. The Hall–Kier alpha value is -2.49. The van der Waals surface area contributed by atoms with Gasteiger partial charge in [-0.2, -0.15) is 5.10 Å². The zero-order valence-corrected chi connectivity index (χ0v) is 17.1. The lowest BCUT2D eigenvalue weighted by atomic mass is 10.1. The van der Waals surface area contributed by atoms with Crippen molar-refractivity contribution in [3.63, 3.8) is 0 Å². The molecule has 1 aliphatic rings. The summed E-state index contributed by atoms with van der Waals surface area (Å²) in [6, 6.07) is 13.8. The van der Waals surface area contributed by atoms with Crippen LogP contribution in [0, 0.1) is 0 Å². The minimum atomic E-state index is -0.0413. The van der Waals surface area contributed by atoms with E-state index in [0.29, 0.717) is 5.16 Å². The van der Waals surface area contributed by atoms with Gasteiger partial charge in [-0.3, -0.25) is 9.20 Å². The Bertz CT molecular complexity index is 1130. The highest BCUT2D eigenvalue weighted by Crippen LogP contribution is 2.36. The molecule has 4 aromatic heterocycles. The summed E-state index contributed by atoms with van der Waals surface area (Å²) >= 11 is 4.70. The normalized spacial score (nSPS) is 16.6. The summed E-state index contributed by atoms with van der Waals surface area (Å²) in [6.07, 6.45) is 2.64. The Kier molecular flexibility index (Phi) is 4.71. The van der Waals surface area contributed by atoms with Gasteiger partial charge in [0.05, 0.1) is 22.4 Å². The summed E-state index contributed by atoms with van der Waals surface area (Å²) in [5, 5.41) is 19.5. The molecule has 0 radical (unpaired) electrons. The fraction of sp³-hybridized carbons (Fsp3) is 0.158. The predicted octanol–water partition coefficient (Wildman–Crippen LogP) is 4.32. The van der Waals surface area contributed by atoms with Gasteiger partial charge < -0.3 is 0 Å². The van der Waals surface area contributed by atoms with Crippen LogP contribution < -0.4 is 0 Å². The summed E-state index contributed by atoms with van der Waals surface area (Å²) in [5.74, 6) is 0.237. The number of thiophene rings is 2. The summed E-state index contributed by atoms with van der Waals surface area (Å²) < 4.78 is 1.89. The smallest absolute Gasteiger partial charge is 0.253 e. The van der Waals surface area contributed by atoms with E-state index in [9.17, 15) is 4.79 Å². The average Bonchev–Trinajstić information content (AvgIpc) is 3.52. The van der Waals surface area contributed by atoms with E-state index in [2.05, 4.69) is 22.3 Å². The van der Waals surface area contributed by atoms with Crippen molar-refractivity contribution in [1.82, 2.24) is 19.6 Å². The van der Waals surface area contributed by atoms with Crippen LogP contribution in [0.1, 0.15) is 22.2 Å². The molecule has 6 nitrogen and oxygen atoms in total. The molecule has 0 spiro atoms. The molecule has 5 heterocycles. The highest BCUT2D eigenvalue weighted by molar-refractivity contribution is 7.99. The Morgan fingerprint density at radius 2 is 2.00 bits per heavy atom. The standard InChI is InChI=1S/C19H15N5OS3/c25-18(12-28-19-21-20-17-7-1-2-8-23(17)19)24-14(16-6-4-10-27-16)11-13(22-24)15-5-3-9-26-15/h1-10,14H,11-12H2/t14-/m0/s1. The quantitative estimate of drug-likeness (QED) is 0.447. The first-order chi connectivity index (χ1) is 13.8. The number of rotatable bonds is 5. The van der Waals surface area contributed by atoms with Crippen LogP contribution >= 0.6 is 34.4 Å². The van der Waals surface area contributed by atoms with Crippen molar-refractivity contribution in [3.05, 3.63) is 69.2 Å². The summed E-state index contributed by atoms with van der Waals surface area (Å²) in [4.78, 5) is 15.3. The van der Waals surface area contributed by atoms with Crippen molar-refractivity contribution >= 4 is 51.7 Å². The van der Waals surface area contributed by atoms with Crippen LogP contribution in [-0.4, -0.2) is 37.0 Å². The third kappa shape index (κ3) is 3.25. The maximum Gasteiger partial charge on any atom is 0.253 e. The molecule has 0 fully saturated rings. The Morgan fingerprint density at radius 1 is 1.11 bits per heavy atom. The molecule has 5 rings (SSSR count).